The summed E-state index contributed by atoms with van der Waals surface area (Å²) >= 11 is 0. The molecule has 12 nitrogen and oxygen atoms in total. The van der Waals surface area contributed by atoms with Crippen LogP contribution in [0.4, 0.5) is 0 Å². The van der Waals surface area contributed by atoms with E-state index in [1.54, 1.807) is 13.8 Å². The maximum absolute atomic E-state index is 12.6. The summed E-state index contributed by atoms with van der Waals surface area (Å²) in [6.07, 6.45) is 21.5. The average Bonchev–Trinajstić information content (AvgIpc) is 4.07. The van der Waals surface area contributed by atoms with Crippen LogP contribution in [0.3, 0.4) is 0 Å². The van der Waals surface area contributed by atoms with Gasteiger partial charge in [-0.1, -0.05) is 107 Å². The smallest absolute Gasteiger partial charge is 0.347 e. The molecule has 0 aromatic carbocycles. The normalized spacial score (nSPS) is 25.9. The van der Waals surface area contributed by atoms with E-state index in [0.29, 0.717) is 44.5 Å². The van der Waals surface area contributed by atoms with E-state index in [2.05, 4.69) is 20.8 Å². The minimum Gasteiger partial charge on any atom is -0.463 e. The number of carbonyl (C=O) groups excluding carboxylic acids is 5. The molecule has 0 radical (unpaired) electrons. The lowest BCUT2D eigenvalue weighted by atomic mass is 9.49. The highest BCUT2D eigenvalue weighted by atomic mass is 16.8. The number of cyclic esters (lactones) is 1. The fourth-order valence-electron chi connectivity index (χ4n) is 10.9. The van der Waals surface area contributed by atoms with Crippen LogP contribution in [-0.4, -0.2) is 78.9 Å². The van der Waals surface area contributed by atoms with Crippen molar-refractivity contribution in [2.75, 3.05) is 19.8 Å². The Bertz CT molecular complexity index is 1640. The Hall–Kier alpha value is -2.73. The molecule has 76 heavy (non-hydrogen) atoms. The molecule has 12 heteroatoms. The van der Waals surface area contributed by atoms with E-state index in [0.717, 1.165) is 82.5 Å². The van der Waals surface area contributed by atoms with Crippen molar-refractivity contribution in [1.29, 1.82) is 0 Å². The third-order valence-electron chi connectivity index (χ3n) is 17.6. The van der Waals surface area contributed by atoms with Gasteiger partial charge in [-0.3, -0.25) is 19.2 Å². The van der Waals surface area contributed by atoms with Crippen LogP contribution in [-0.2, 0) is 57.1 Å². The van der Waals surface area contributed by atoms with Gasteiger partial charge in [-0.2, -0.15) is 0 Å². The van der Waals surface area contributed by atoms with Gasteiger partial charge in [0, 0.05) is 19.3 Å². The average molecular weight is 1090 g/mol. The number of carbonyl (C=O) groups is 5. The summed E-state index contributed by atoms with van der Waals surface area (Å²) in [5, 5.41) is 0. The Morgan fingerprint density at radius 1 is 0.539 bits per heavy atom. The van der Waals surface area contributed by atoms with Crippen LogP contribution in [0.25, 0.3) is 0 Å². The van der Waals surface area contributed by atoms with Crippen LogP contribution in [0.2, 0.25) is 0 Å². The third kappa shape index (κ3) is 20.7. The molecule has 456 valence electrons. The fraction of sp³-hybridized carbons (Fsp3) is 0.922. The SMILES string of the molecule is C.C.C.C.C.C.C.C.CCC(C)(C)C(=O)OC1(CC)C2CC3CC(C2)CC1C3.CCC(C)(C)C(=O)OC1CCOC1=O.CCC(C)(C)C(=O)OCC1COC2(CCCCC2)O1.CCC1(OC(=O)C(C)(C)CC)CCCC1. The minimum absolute atomic E-state index is 0. The number of hydrogen-bond donors (Lipinski definition) is 0. The van der Waals surface area contributed by atoms with Gasteiger partial charge in [0.2, 0.25) is 6.10 Å². The quantitative estimate of drug-likeness (QED) is 0.113. The standard InChI is InChI=1S/C18H30O2.C15H26O4.C13H24O2.C10H16O4.8CH4/c1-5-17(3,4)16(19)20-18(6-2)14-8-12-7-13(10-14)11-15(18)9-12;1-4-14(2,3)13(16)17-10-12-11-18-15(19-12)8-6-5-7-9-15;1-5-12(3,4)11(14)15-13(6-2)9-7-8-10-13;1-4-10(2,3)9(12)14-7-5-6-13-8(7)11;;;;;;;;/h12-15H,5-11H2,1-4H3;12H,4-11H2,1-3H3;5-10H2,1-4H3;7H,4-6H2,1-3H3;8*1H4. The van der Waals surface area contributed by atoms with Crippen LogP contribution < -0.4 is 0 Å². The lowest BCUT2D eigenvalue weighted by Crippen LogP contribution is -2.60. The molecule has 0 amide bonds. The fourth-order valence-corrected chi connectivity index (χ4v) is 10.9. The molecule has 6 aliphatic carbocycles. The first-order chi connectivity index (χ1) is 31.8. The molecule has 0 N–H and O–H groups in total. The largest absolute Gasteiger partial charge is 0.463 e. The highest BCUT2D eigenvalue weighted by Gasteiger charge is 2.59. The zero-order valence-electron chi connectivity index (χ0n) is 45.3. The van der Waals surface area contributed by atoms with Crippen LogP contribution in [0.5, 0.6) is 0 Å². The summed E-state index contributed by atoms with van der Waals surface area (Å²) in [7, 11) is 0. The molecule has 2 heterocycles. The number of hydrogen-bond acceptors (Lipinski definition) is 12. The van der Waals surface area contributed by atoms with E-state index in [1.807, 2.05) is 62.3 Å². The maximum atomic E-state index is 12.6. The van der Waals surface area contributed by atoms with Gasteiger partial charge in [0.25, 0.3) is 0 Å². The predicted octanol–water partition coefficient (Wildman–Crippen LogP) is 17.7. The second-order valence-corrected chi connectivity index (χ2v) is 24.1. The Kier molecular flexibility index (Phi) is 37.2. The van der Waals surface area contributed by atoms with Gasteiger partial charge in [0.05, 0.1) is 34.9 Å². The van der Waals surface area contributed by atoms with Crippen molar-refractivity contribution in [3.63, 3.8) is 0 Å². The lowest BCUT2D eigenvalue weighted by Gasteiger charge is -2.60. The van der Waals surface area contributed by atoms with Gasteiger partial charge in [-0.25, -0.2) is 4.79 Å². The Morgan fingerprint density at radius 3 is 1.37 bits per heavy atom. The summed E-state index contributed by atoms with van der Waals surface area (Å²) in [5.74, 6) is 1.86. The molecule has 4 bridgehead atoms. The van der Waals surface area contributed by atoms with Gasteiger partial charge in [-0.05, 0) is 188 Å². The van der Waals surface area contributed by atoms with Crippen molar-refractivity contribution >= 4 is 29.8 Å². The lowest BCUT2D eigenvalue weighted by molar-refractivity contribution is -0.218. The molecule has 6 saturated carbocycles. The van der Waals surface area contributed by atoms with Gasteiger partial charge >= 0.3 is 29.8 Å². The summed E-state index contributed by atoms with van der Waals surface area (Å²) in [5.41, 5.74) is -1.87. The highest BCUT2D eigenvalue weighted by molar-refractivity contribution is 5.83. The first-order valence-corrected chi connectivity index (χ1v) is 27.1. The van der Waals surface area contributed by atoms with Gasteiger partial charge in [-0.15, -0.1) is 0 Å². The molecular weight excluding hydrogens is 961 g/mol. The molecule has 8 rings (SSSR count). The van der Waals surface area contributed by atoms with Crippen LogP contribution in [0.15, 0.2) is 0 Å². The second kappa shape index (κ2) is 34.4. The number of ether oxygens (including phenoxy) is 7. The van der Waals surface area contributed by atoms with Crippen molar-refractivity contribution in [2.45, 2.75) is 320 Å². The first-order valence-electron chi connectivity index (χ1n) is 27.1. The van der Waals surface area contributed by atoms with Gasteiger partial charge < -0.3 is 33.2 Å². The zero-order valence-corrected chi connectivity index (χ0v) is 45.3. The molecule has 2 aliphatic heterocycles. The summed E-state index contributed by atoms with van der Waals surface area (Å²) in [6.45, 7) is 29.0. The second-order valence-electron chi connectivity index (χ2n) is 24.1. The number of esters is 5. The van der Waals surface area contributed by atoms with Gasteiger partial charge in [0.1, 0.15) is 23.9 Å². The Morgan fingerprint density at radius 2 is 0.961 bits per heavy atom. The Balaban J connectivity index is -0.000000288. The molecule has 0 aromatic rings. The first kappa shape index (κ1) is 82.1. The summed E-state index contributed by atoms with van der Waals surface area (Å²) < 4.78 is 39.0. The van der Waals surface area contributed by atoms with E-state index in [1.165, 1.54) is 51.4 Å². The van der Waals surface area contributed by atoms with Crippen molar-refractivity contribution in [2.24, 2.45) is 45.3 Å². The topological polar surface area (TPSA) is 150 Å². The van der Waals surface area contributed by atoms with Gasteiger partial charge in [0.15, 0.2) is 5.79 Å². The molecule has 2 unspecified atom stereocenters. The molecule has 2 atom stereocenters. The summed E-state index contributed by atoms with van der Waals surface area (Å²) in [4.78, 5) is 59.1. The molecule has 0 aromatic heterocycles. The monoisotopic (exact) mass is 1090 g/mol. The third-order valence-corrected chi connectivity index (χ3v) is 17.6. The maximum Gasteiger partial charge on any atom is 0.347 e. The van der Waals surface area contributed by atoms with Crippen molar-refractivity contribution in [3.05, 3.63) is 0 Å². The minimum atomic E-state index is -0.687. The molecule has 8 aliphatic rings. The molecule has 1 spiro atoms. The molecular formula is C64H128O12. The Labute approximate surface area is 470 Å². The van der Waals surface area contributed by atoms with Crippen LogP contribution in [0, 0.1) is 45.3 Å². The predicted molar refractivity (Wildman–Crippen MR) is 317 cm³/mol. The van der Waals surface area contributed by atoms with E-state index < -0.39 is 22.9 Å². The van der Waals surface area contributed by atoms with Crippen molar-refractivity contribution < 1.29 is 57.1 Å². The van der Waals surface area contributed by atoms with Crippen molar-refractivity contribution in [3.8, 4) is 0 Å². The summed E-state index contributed by atoms with van der Waals surface area (Å²) in [6, 6.07) is 0. The molecule has 2 saturated heterocycles. The zero-order chi connectivity index (χ0) is 50.8. The van der Waals surface area contributed by atoms with Crippen molar-refractivity contribution in [1.82, 2.24) is 0 Å². The van der Waals surface area contributed by atoms with E-state index in [9.17, 15) is 24.0 Å². The molecule has 8 fully saturated rings. The van der Waals surface area contributed by atoms with Crippen LogP contribution >= 0.6 is 0 Å². The number of rotatable bonds is 15. The van der Waals surface area contributed by atoms with E-state index in [4.69, 9.17) is 33.2 Å². The highest BCUT2D eigenvalue weighted by Crippen LogP contribution is 2.61. The van der Waals surface area contributed by atoms with Crippen LogP contribution in [0.1, 0.15) is 291 Å². The van der Waals surface area contributed by atoms with E-state index in [-0.39, 0.29) is 117 Å². The van der Waals surface area contributed by atoms with E-state index >= 15 is 0 Å².